The average Bonchev–Trinajstić information content (AvgIpc) is 2.88. The monoisotopic (exact) mass is 230 g/mol. The lowest BCUT2D eigenvalue weighted by Crippen LogP contribution is -2.48. The highest BCUT2D eigenvalue weighted by molar-refractivity contribution is 7.99. The van der Waals surface area contributed by atoms with Gasteiger partial charge in [0, 0.05) is 5.75 Å². The molecule has 0 aromatic heterocycles. The molecule has 2 N–H and O–H groups in total. The van der Waals surface area contributed by atoms with Gasteiger partial charge in [0.1, 0.15) is 6.04 Å². The zero-order valence-electron chi connectivity index (χ0n) is 8.31. The van der Waals surface area contributed by atoms with Crippen LogP contribution in [0.15, 0.2) is 0 Å². The third-order valence-electron chi connectivity index (χ3n) is 2.81. The van der Waals surface area contributed by atoms with Crippen LogP contribution in [0.25, 0.3) is 0 Å². The molecule has 0 aromatic rings. The Morgan fingerprint density at radius 1 is 1.47 bits per heavy atom. The van der Waals surface area contributed by atoms with Gasteiger partial charge in [-0.1, -0.05) is 0 Å². The van der Waals surface area contributed by atoms with E-state index in [1.165, 1.54) is 16.7 Å². The van der Waals surface area contributed by atoms with Crippen molar-refractivity contribution in [3.05, 3.63) is 0 Å². The van der Waals surface area contributed by atoms with Crippen LogP contribution in [0, 0.1) is 0 Å². The Balaban J connectivity index is 2.02. The fourth-order valence-corrected chi connectivity index (χ4v) is 3.12. The summed E-state index contributed by atoms with van der Waals surface area (Å²) in [5.74, 6) is 0.0677. The fourth-order valence-electron chi connectivity index (χ4n) is 1.96. The van der Waals surface area contributed by atoms with E-state index in [1.54, 1.807) is 0 Å². The lowest BCUT2D eigenvalue weighted by molar-refractivity contribution is -0.148. The summed E-state index contributed by atoms with van der Waals surface area (Å²) in [6.45, 7) is 0.856. The van der Waals surface area contributed by atoms with Crippen molar-refractivity contribution in [1.29, 1.82) is 0 Å². The van der Waals surface area contributed by atoms with Crippen molar-refractivity contribution in [3.63, 3.8) is 0 Å². The number of hydrogen-bond donors (Lipinski definition) is 2. The van der Waals surface area contributed by atoms with E-state index in [4.69, 9.17) is 5.11 Å². The summed E-state index contributed by atoms with van der Waals surface area (Å²) in [4.78, 5) is 24.3. The van der Waals surface area contributed by atoms with Gasteiger partial charge in [-0.05, 0) is 19.4 Å². The van der Waals surface area contributed by atoms with Gasteiger partial charge in [0.05, 0.1) is 11.9 Å². The van der Waals surface area contributed by atoms with Crippen molar-refractivity contribution >= 4 is 23.6 Å². The van der Waals surface area contributed by atoms with E-state index in [2.05, 4.69) is 5.32 Å². The van der Waals surface area contributed by atoms with Gasteiger partial charge >= 0.3 is 5.97 Å². The SMILES string of the molecule is O=C(O)C1CSCN1C(=O)[C@@H]1CCCN1. The number of thioether (sulfide) groups is 1. The molecule has 2 atom stereocenters. The predicted octanol–water partition coefficient (Wildman–Crippen LogP) is -0.276. The summed E-state index contributed by atoms with van der Waals surface area (Å²) < 4.78 is 0. The lowest BCUT2D eigenvalue weighted by atomic mass is 10.2. The van der Waals surface area contributed by atoms with Crippen LogP contribution in [0.4, 0.5) is 0 Å². The van der Waals surface area contributed by atoms with Gasteiger partial charge in [-0.25, -0.2) is 4.79 Å². The number of nitrogens with zero attached hydrogens (tertiary/aromatic N) is 1. The molecule has 0 aliphatic carbocycles. The number of carbonyl (C=O) groups is 2. The summed E-state index contributed by atoms with van der Waals surface area (Å²) in [6, 6.07) is -0.796. The van der Waals surface area contributed by atoms with Crippen molar-refractivity contribution in [1.82, 2.24) is 10.2 Å². The van der Waals surface area contributed by atoms with E-state index in [-0.39, 0.29) is 11.9 Å². The van der Waals surface area contributed by atoms with Crippen molar-refractivity contribution in [2.45, 2.75) is 24.9 Å². The van der Waals surface area contributed by atoms with Gasteiger partial charge in [-0.2, -0.15) is 0 Å². The minimum atomic E-state index is -0.897. The molecular weight excluding hydrogens is 216 g/mol. The molecule has 2 rings (SSSR count). The van der Waals surface area contributed by atoms with Crippen LogP contribution in [0.3, 0.4) is 0 Å². The molecule has 2 fully saturated rings. The van der Waals surface area contributed by atoms with E-state index in [1.807, 2.05) is 0 Å². The first kappa shape index (κ1) is 10.8. The van der Waals surface area contributed by atoms with Gasteiger partial charge in [0.2, 0.25) is 5.91 Å². The van der Waals surface area contributed by atoms with E-state index in [0.29, 0.717) is 11.6 Å². The van der Waals surface area contributed by atoms with E-state index < -0.39 is 12.0 Å². The molecule has 0 aromatic carbocycles. The highest BCUT2D eigenvalue weighted by Gasteiger charge is 2.38. The summed E-state index contributed by atoms with van der Waals surface area (Å²) in [7, 11) is 0. The molecule has 2 aliphatic rings. The zero-order chi connectivity index (χ0) is 10.8. The van der Waals surface area contributed by atoms with Crippen LogP contribution in [0.2, 0.25) is 0 Å². The normalized spacial score (nSPS) is 30.8. The lowest BCUT2D eigenvalue weighted by Gasteiger charge is -2.23. The molecule has 15 heavy (non-hydrogen) atoms. The van der Waals surface area contributed by atoms with E-state index >= 15 is 0 Å². The molecule has 1 amide bonds. The molecule has 2 aliphatic heterocycles. The summed E-state index contributed by atoms with van der Waals surface area (Å²) >= 11 is 1.50. The Hall–Kier alpha value is -0.750. The Morgan fingerprint density at radius 3 is 2.87 bits per heavy atom. The Morgan fingerprint density at radius 2 is 2.27 bits per heavy atom. The van der Waals surface area contributed by atoms with Crippen LogP contribution < -0.4 is 5.32 Å². The molecule has 0 radical (unpaired) electrons. The second kappa shape index (κ2) is 4.40. The summed E-state index contributed by atoms with van der Waals surface area (Å²) in [6.07, 6.45) is 1.82. The first-order valence-corrected chi connectivity index (χ1v) is 6.20. The first-order chi connectivity index (χ1) is 7.20. The number of amides is 1. The molecule has 0 saturated carbocycles. The maximum Gasteiger partial charge on any atom is 0.327 e. The first-order valence-electron chi connectivity index (χ1n) is 5.04. The smallest absolute Gasteiger partial charge is 0.327 e. The van der Waals surface area contributed by atoms with Crippen LogP contribution in [0.1, 0.15) is 12.8 Å². The van der Waals surface area contributed by atoms with E-state index in [0.717, 1.165) is 19.4 Å². The maximum absolute atomic E-state index is 11.9. The standard InChI is InChI=1S/C9H14N2O3S/c12-8(6-2-1-3-10-6)11-5-15-4-7(11)9(13)14/h6-7,10H,1-5H2,(H,13,14)/t6-,7?/m0/s1. The fraction of sp³-hybridized carbons (Fsp3) is 0.778. The number of hydrogen-bond acceptors (Lipinski definition) is 4. The minimum absolute atomic E-state index is 0.0510. The highest BCUT2D eigenvalue weighted by atomic mass is 32.2. The minimum Gasteiger partial charge on any atom is -0.480 e. The largest absolute Gasteiger partial charge is 0.480 e. The summed E-state index contributed by atoms with van der Waals surface area (Å²) in [5, 5.41) is 12.0. The van der Waals surface area contributed by atoms with Crippen molar-refractivity contribution < 1.29 is 14.7 Å². The topological polar surface area (TPSA) is 69.6 Å². The second-order valence-electron chi connectivity index (χ2n) is 3.81. The zero-order valence-corrected chi connectivity index (χ0v) is 9.13. The molecule has 84 valence electrons. The molecule has 6 heteroatoms. The molecule has 2 heterocycles. The number of carbonyl (C=O) groups excluding carboxylic acids is 1. The number of rotatable bonds is 2. The number of carboxylic acids is 1. The highest BCUT2D eigenvalue weighted by Crippen LogP contribution is 2.23. The average molecular weight is 230 g/mol. The third-order valence-corrected chi connectivity index (χ3v) is 3.82. The maximum atomic E-state index is 11.9. The summed E-state index contributed by atoms with van der Waals surface area (Å²) in [5.41, 5.74) is 0. The Kier molecular flexibility index (Phi) is 3.16. The second-order valence-corrected chi connectivity index (χ2v) is 4.81. The van der Waals surface area contributed by atoms with Gasteiger partial charge < -0.3 is 15.3 Å². The number of aliphatic carboxylic acids is 1. The Labute approximate surface area is 92.2 Å². The van der Waals surface area contributed by atoms with Gasteiger partial charge in [-0.3, -0.25) is 4.79 Å². The Bertz CT molecular complexity index is 279. The van der Waals surface area contributed by atoms with Crippen LogP contribution in [0.5, 0.6) is 0 Å². The van der Waals surface area contributed by atoms with Gasteiger partial charge in [0.25, 0.3) is 0 Å². The number of carboxylic acid groups (broad SMARTS) is 1. The molecule has 0 spiro atoms. The molecular formula is C9H14N2O3S. The van der Waals surface area contributed by atoms with Crippen LogP contribution in [-0.4, -0.2) is 52.1 Å². The molecule has 5 nitrogen and oxygen atoms in total. The quantitative estimate of drug-likeness (QED) is 0.683. The van der Waals surface area contributed by atoms with Crippen molar-refractivity contribution in [2.75, 3.05) is 18.2 Å². The molecule has 0 bridgehead atoms. The molecule has 2 saturated heterocycles. The van der Waals surface area contributed by atoms with E-state index in [9.17, 15) is 9.59 Å². The third kappa shape index (κ3) is 2.10. The van der Waals surface area contributed by atoms with Gasteiger partial charge in [0.15, 0.2) is 0 Å². The number of nitrogens with one attached hydrogen (secondary N) is 1. The predicted molar refractivity (Wildman–Crippen MR) is 56.6 cm³/mol. The van der Waals surface area contributed by atoms with Crippen molar-refractivity contribution in [3.8, 4) is 0 Å². The molecule has 1 unspecified atom stereocenters. The van der Waals surface area contributed by atoms with Crippen LogP contribution in [-0.2, 0) is 9.59 Å². The van der Waals surface area contributed by atoms with Crippen LogP contribution >= 0.6 is 11.8 Å². The van der Waals surface area contributed by atoms with Gasteiger partial charge in [-0.15, -0.1) is 11.8 Å². The van der Waals surface area contributed by atoms with Crippen molar-refractivity contribution in [2.24, 2.45) is 0 Å².